The molecule has 0 aromatic carbocycles. The highest BCUT2D eigenvalue weighted by Gasteiger charge is 2.20. The van der Waals surface area contributed by atoms with Crippen LogP contribution in [0.15, 0.2) is 0 Å². The van der Waals surface area contributed by atoms with E-state index in [-0.39, 0.29) is 6.10 Å². The summed E-state index contributed by atoms with van der Waals surface area (Å²) in [4.78, 5) is 0. The molecule has 2 heteroatoms. The lowest BCUT2D eigenvalue weighted by molar-refractivity contribution is 0.0945. The minimum absolute atomic E-state index is 0.186. The summed E-state index contributed by atoms with van der Waals surface area (Å²) in [7, 11) is 0. The van der Waals surface area contributed by atoms with Crippen LogP contribution >= 0.6 is 0 Å². The quantitative estimate of drug-likeness (QED) is 0.691. The second kappa shape index (κ2) is 6.41. The summed E-state index contributed by atoms with van der Waals surface area (Å²) in [5.41, 5.74) is 0. The van der Waals surface area contributed by atoms with Crippen LogP contribution in [0.1, 0.15) is 48.0 Å². The molecule has 0 aromatic heterocycles. The molecule has 0 aliphatic carbocycles. The van der Waals surface area contributed by atoms with Crippen molar-refractivity contribution in [3.8, 4) is 0 Å². The first-order valence-electron chi connectivity index (χ1n) is 5.78. The molecule has 2 unspecified atom stereocenters. The number of nitrogens with one attached hydrogen (secondary N) is 1. The van der Waals surface area contributed by atoms with Crippen LogP contribution in [0.4, 0.5) is 0 Å². The predicted octanol–water partition coefficient (Wildman–Crippen LogP) is 2.42. The van der Waals surface area contributed by atoms with E-state index in [1.165, 1.54) is 0 Å². The highest BCUT2D eigenvalue weighted by molar-refractivity contribution is 4.77. The first-order valence-corrected chi connectivity index (χ1v) is 5.78. The molecule has 0 rings (SSSR count). The van der Waals surface area contributed by atoms with E-state index in [1.807, 2.05) is 0 Å². The molecule has 0 saturated carbocycles. The molecule has 0 radical (unpaired) electrons. The molecule has 0 spiro atoms. The normalized spacial score (nSPS) is 16.7. The Balaban J connectivity index is 4.09. The van der Waals surface area contributed by atoms with Crippen molar-refractivity contribution >= 4 is 0 Å². The maximum Gasteiger partial charge on any atom is 0.0578 e. The van der Waals surface area contributed by atoms with Crippen LogP contribution in [0, 0.1) is 11.8 Å². The maximum absolute atomic E-state index is 9.82. The lowest BCUT2D eigenvalue weighted by Gasteiger charge is -2.28. The Morgan fingerprint density at radius 1 is 0.929 bits per heavy atom. The molecule has 2 N–H and O–H groups in total. The Morgan fingerprint density at radius 2 is 1.43 bits per heavy atom. The first-order chi connectivity index (χ1) is 6.34. The minimum atomic E-state index is -0.186. The van der Waals surface area contributed by atoms with Gasteiger partial charge in [-0.05, 0) is 18.3 Å². The van der Waals surface area contributed by atoms with Gasteiger partial charge in [0.15, 0.2) is 0 Å². The zero-order valence-electron chi connectivity index (χ0n) is 10.5. The van der Waals surface area contributed by atoms with Crippen LogP contribution in [-0.4, -0.2) is 23.3 Å². The van der Waals surface area contributed by atoms with Gasteiger partial charge in [-0.3, -0.25) is 0 Å². The van der Waals surface area contributed by atoms with Gasteiger partial charge in [-0.25, -0.2) is 0 Å². The van der Waals surface area contributed by atoms with E-state index in [4.69, 9.17) is 0 Å². The monoisotopic (exact) mass is 201 g/mol. The van der Waals surface area contributed by atoms with E-state index in [0.717, 1.165) is 6.42 Å². The zero-order valence-corrected chi connectivity index (χ0v) is 10.5. The molecule has 0 bridgehead atoms. The molecule has 0 aliphatic heterocycles. The van der Waals surface area contributed by atoms with Gasteiger partial charge in [0.1, 0.15) is 0 Å². The summed E-state index contributed by atoms with van der Waals surface area (Å²) in [6.45, 7) is 12.8. The standard InChI is InChI=1S/C12H27NO/c1-8(2)11(13-10(5)6)7-12(14)9(3)4/h8-14H,7H2,1-6H3. The van der Waals surface area contributed by atoms with Crippen molar-refractivity contribution in [1.82, 2.24) is 5.32 Å². The van der Waals surface area contributed by atoms with E-state index >= 15 is 0 Å². The minimum Gasteiger partial charge on any atom is -0.393 e. The van der Waals surface area contributed by atoms with Crippen molar-refractivity contribution in [2.45, 2.75) is 66.2 Å². The largest absolute Gasteiger partial charge is 0.393 e. The highest BCUT2D eigenvalue weighted by atomic mass is 16.3. The van der Waals surface area contributed by atoms with Gasteiger partial charge in [-0.1, -0.05) is 41.5 Å². The SMILES string of the molecule is CC(C)NC(CC(O)C(C)C)C(C)C. The molecule has 86 valence electrons. The van der Waals surface area contributed by atoms with E-state index < -0.39 is 0 Å². The van der Waals surface area contributed by atoms with Crippen molar-refractivity contribution in [3.05, 3.63) is 0 Å². The summed E-state index contributed by atoms with van der Waals surface area (Å²) in [5, 5.41) is 13.3. The molecule has 0 fully saturated rings. The Kier molecular flexibility index (Phi) is 6.38. The van der Waals surface area contributed by atoms with E-state index in [0.29, 0.717) is 23.9 Å². The van der Waals surface area contributed by atoms with E-state index in [9.17, 15) is 5.11 Å². The van der Waals surface area contributed by atoms with Crippen LogP contribution in [0.2, 0.25) is 0 Å². The van der Waals surface area contributed by atoms with Crippen LogP contribution in [0.5, 0.6) is 0 Å². The topological polar surface area (TPSA) is 32.3 Å². The van der Waals surface area contributed by atoms with Crippen LogP contribution in [0.3, 0.4) is 0 Å². The number of hydrogen-bond donors (Lipinski definition) is 2. The Morgan fingerprint density at radius 3 is 1.71 bits per heavy atom. The van der Waals surface area contributed by atoms with Crippen molar-refractivity contribution in [2.75, 3.05) is 0 Å². The van der Waals surface area contributed by atoms with Gasteiger partial charge in [0.25, 0.3) is 0 Å². The third kappa shape index (κ3) is 5.61. The first kappa shape index (κ1) is 13.9. The summed E-state index contributed by atoms with van der Waals surface area (Å²) < 4.78 is 0. The number of hydrogen-bond acceptors (Lipinski definition) is 2. The molecular weight excluding hydrogens is 174 g/mol. The van der Waals surface area contributed by atoms with Gasteiger partial charge in [-0.2, -0.15) is 0 Å². The summed E-state index contributed by atoms with van der Waals surface area (Å²) >= 11 is 0. The van der Waals surface area contributed by atoms with Gasteiger partial charge in [-0.15, -0.1) is 0 Å². The Bertz CT molecular complexity index is 143. The fraction of sp³-hybridized carbons (Fsp3) is 1.00. The second-order valence-electron chi connectivity index (χ2n) is 5.22. The average molecular weight is 201 g/mol. The lowest BCUT2D eigenvalue weighted by atomic mass is 9.92. The van der Waals surface area contributed by atoms with Crippen LogP contribution in [0.25, 0.3) is 0 Å². The number of rotatable bonds is 6. The van der Waals surface area contributed by atoms with Crippen molar-refractivity contribution in [3.63, 3.8) is 0 Å². The predicted molar refractivity (Wildman–Crippen MR) is 62.4 cm³/mol. The Labute approximate surface area is 89.1 Å². The molecule has 2 atom stereocenters. The third-order valence-corrected chi connectivity index (χ3v) is 2.62. The molecule has 2 nitrogen and oxygen atoms in total. The molecule has 0 heterocycles. The summed E-state index contributed by atoms with van der Waals surface area (Å²) in [6, 6.07) is 0.911. The smallest absolute Gasteiger partial charge is 0.0578 e. The highest BCUT2D eigenvalue weighted by Crippen LogP contribution is 2.14. The lowest BCUT2D eigenvalue weighted by Crippen LogP contribution is -2.41. The summed E-state index contributed by atoms with van der Waals surface area (Å²) in [6.07, 6.45) is 0.668. The molecule has 14 heavy (non-hydrogen) atoms. The molecule has 0 amide bonds. The molecule has 0 saturated heterocycles. The molecular formula is C12H27NO. The molecule has 0 aromatic rings. The van der Waals surface area contributed by atoms with E-state index in [1.54, 1.807) is 0 Å². The van der Waals surface area contributed by atoms with Crippen molar-refractivity contribution in [1.29, 1.82) is 0 Å². The van der Waals surface area contributed by atoms with Gasteiger partial charge in [0.2, 0.25) is 0 Å². The van der Waals surface area contributed by atoms with Crippen molar-refractivity contribution in [2.24, 2.45) is 11.8 Å². The average Bonchev–Trinajstić information content (AvgIpc) is 2.01. The van der Waals surface area contributed by atoms with Gasteiger partial charge in [0.05, 0.1) is 6.10 Å². The van der Waals surface area contributed by atoms with Gasteiger partial charge >= 0.3 is 0 Å². The fourth-order valence-corrected chi connectivity index (χ4v) is 1.49. The third-order valence-electron chi connectivity index (χ3n) is 2.62. The van der Waals surface area contributed by atoms with Gasteiger partial charge in [0, 0.05) is 12.1 Å². The van der Waals surface area contributed by atoms with E-state index in [2.05, 4.69) is 46.9 Å². The van der Waals surface area contributed by atoms with Gasteiger partial charge < -0.3 is 10.4 Å². The number of aliphatic hydroxyl groups is 1. The second-order valence-corrected chi connectivity index (χ2v) is 5.22. The maximum atomic E-state index is 9.82. The number of aliphatic hydroxyl groups excluding tert-OH is 1. The zero-order chi connectivity index (χ0) is 11.3. The van der Waals surface area contributed by atoms with Crippen molar-refractivity contribution < 1.29 is 5.11 Å². The fourth-order valence-electron chi connectivity index (χ4n) is 1.49. The van der Waals surface area contributed by atoms with Crippen LogP contribution < -0.4 is 5.32 Å². The summed E-state index contributed by atoms with van der Waals surface area (Å²) in [5.74, 6) is 0.927. The van der Waals surface area contributed by atoms with Crippen LogP contribution in [-0.2, 0) is 0 Å². The Hall–Kier alpha value is -0.0800. The molecule has 0 aliphatic rings.